The molecule has 5 nitrogen and oxygen atoms in total. The van der Waals surface area contributed by atoms with Crippen molar-refractivity contribution >= 4 is 11.8 Å². The number of nitrogens with two attached hydrogens (primary N) is 1. The maximum atomic E-state index is 12.0. The van der Waals surface area contributed by atoms with Gasteiger partial charge in [-0.05, 0) is 25.7 Å². The molecule has 1 fully saturated rings. The van der Waals surface area contributed by atoms with Gasteiger partial charge in [-0.25, -0.2) is 0 Å². The third-order valence-corrected chi connectivity index (χ3v) is 3.65. The number of carbonyl (C=O) groups is 2. The molecule has 1 rings (SSSR count). The van der Waals surface area contributed by atoms with Crippen molar-refractivity contribution < 1.29 is 9.59 Å². The number of rotatable bonds is 5. The van der Waals surface area contributed by atoms with Crippen LogP contribution in [0.15, 0.2) is 0 Å². The SMILES string of the molecule is CCN(C)C(=O)CNC(=O)C1(CN)CC(C)C1. The third kappa shape index (κ3) is 2.97. The van der Waals surface area contributed by atoms with Crippen molar-refractivity contribution in [3.8, 4) is 0 Å². The zero-order valence-corrected chi connectivity index (χ0v) is 11.0. The zero-order valence-electron chi connectivity index (χ0n) is 11.0. The van der Waals surface area contributed by atoms with Crippen LogP contribution in [0, 0.1) is 11.3 Å². The van der Waals surface area contributed by atoms with Crippen LogP contribution in [0.3, 0.4) is 0 Å². The van der Waals surface area contributed by atoms with Gasteiger partial charge in [-0.1, -0.05) is 6.92 Å². The fraction of sp³-hybridized carbons (Fsp3) is 0.833. The van der Waals surface area contributed by atoms with Crippen molar-refractivity contribution in [3.05, 3.63) is 0 Å². The summed E-state index contributed by atoms with van der Waals surface area (Å²) in [5.74, 6) is 0.412. The first-order chi connectivity index (χ1) is 7.95. The molecule has 0 heterocycles. The molecule has 17 heavy (non-hydrogen) atoms. The van der Waals surface area contributed by atoms with Crippen LogP contribution in [-0.2, 0) is 9.59 Å². The van der Waals surface area contributed by atoms with Crippen molar-refractivity contribution in [2.75, 3.05) is 26.7 Å². The smallest absolute Gasteiger partial charge is 0.241 e. The summed E-state index contributed by atoms with van der Waals surface area (Å²) in [4.78, 5) is 25.1. The van der Waals surface area contributed by atoms with E-state index < -0.39 is 5.41 Å². The third-order valence-electron chi connectivity index (χ3n) is 3.65. The molecular weight excluding hydrogens is 218 g/mol. The second-order valence-electron chi connectivity index (χ2n) is 5.09. The summed E-state index contributed by atoms with van der Waals surface area (Å²) >= 11 is 0. The monoisotopic (exact) mass is 241 g/mol. The number of amides is 2. The molecule has 0 unspecified atom stereocenters. The molecule has 1 aliphatic carbocycles. The van der Waals surface area contributed by atoms with E-state index in [1.807, 2.05) is 6.92 Å². The van der Waals surface area contributed by atoms with Crippen LogP contribution in [-0.4, -0.2) is 43.4 Å². The second kappa shape index (κ2) is 5.49. The molecule has 2 amide bonds. The van der Waals surface area contributed by atoms with E-state index in [4.69, 9.17) is 5.73 Å². The molecule has 0 atom stereocenters. The molecule has 0 bridgehead atoms. The number of nitrogens with one attached hydrogen (secondary N) is 1. The fourth-order valence-corrected chi connectivity index (χ4v) is 2.37. The van der Waals surface area contributed by atoms with E-state index in [1.165, 1.54) is 0 Å². The van der Waals surface area contributed by atoms with Gasteiger partial charge in [0.25, 0.3) is 0 Å². The molecule has 0 saturated heterocycles. The molecule has 0 radical (unpaired) electrons. The van der Waals surface area contributed by atoms with Crippen LogP contribution in [0.2, 0.25) is 0 Å². The van der Waals surface area contributed by atoms with Gasteiger partial charge in [0.1, 0.15) is 0 Å². The van der Waals surface area contributed by atoms with E-state index in [1.54, 1.807) is 11.9 Å². The highest BCUT2D eigenvalue weighted by atomic mass is 16.2. The second-order valence-corrected chi connectivity index (χ2v) is 5.09. The van der Waals surface area contributed by atoms with E-state index in [2.05, 4.69) is 12.2 Å². The Morgan fingerprint density at radius 3 is 2.47 bits per heavy atom. The minimum absolute atomic E-state index is 0.0688. The Morgan fingerprint density at radius 1 is 1.47 bits per heavy atom. The first-order valence-corrected chi connectivity index (χ1v) is 6.17. The van der Waals surface area contributed by atoms with Gasteiger partial charge in [0, 0.05) is 20.1 Å². The Balaban J connectivity index is 2.42. The number of likely N-dealkylation sites (N-methyl/N-ethyl adjacent to an activating group) is 1. The number of nitrogens with zero attached hydrogens (tertiary/aromatic N) is 1. The molecule has 0 aromatic carbocycles. The standard InChI is InChI=1S/C12H23N3O2/c1-4-15(3)10(16)7-14-11(17)12(8-13)5-9(2)6-12/h9H,4-8,13H2,1-3H3,(H,14,17). The largest absolute Gasteiger partial charge is 0.347 e. The van der Waals surface area contributed by atoms with Crippen molar-refractivity contribution in [2.24, 2.45) is 17.1 Å². The Labute approximate surface area is 103 Å². The maximum Gasteiger partial charge on any atom is 0.241 e. The maximum absolute atomic E-state index is 12.0. The van der Waals surface area contributed by atoms with Crippen LogP contribution < -0.4 is 11.1 Å². The molecule has 1 saturated carbocycles. The predicted octanol–water partition coefficient (Wildman–Crippen LogP) is -0.0441. The average Bonchev–Trinajstić information content (AvgIpc) is 2.29. The topological polar surface area (TPSA) is 75.4 Å². The van der Waals surface area contributed by atoms with Crippen LogP contribution in [0.25, 0.3) is 0 Å². The first-order valence-electron chi connectivity index (χ1n) is 6.17. The Morgan fingerprint density at radius 2 is 2.06 bits per heavy atom. The molecule has 1 aliphatic rings. The zero-order chi connectivity index (χ0) is 13.1. The van der Waals surface area contributed by atoms with Crippen molar-refractivity contribution in [2.45, 2.75) is 26.7 Å². The molecule has 5 heteroatoms. The summed E-state index contributed by atoms with van der Waals surface area (Å²) in [5, 5.41) is 2.70. The van der Waals surface area contributed by atoms with Crippen LogP contribution >= 0.6 is 0 Å². The lowest BCUT2D eigenvalue weighted by Gasteiger charge is -2.44. The minimum Gasteiger partial charge on any atom is -0.347 e. The normalized spacial score (nSPS) is 27.2. The van der Waals surface area contributed by atoms with E-state index in [-0.39, 0.29) is 18.4 Å². The Bertz CT molecular complexity index is 298. The van der Waals surface area contributed by atoms with Crippen LogP contribution in [0.5, 0.6) is 0 Å². The lowest BCUT2D eigenvalue weighted by atomic mass is 9.62. The quantitative estimate of drug-likeness (QED) is 0.709. The highest BCUT2D eigenvalue weighted by Crippen LogP contribution is 2.44. The van der Waals surface area contributed by atoms with Crippen molar-refractivity contribution in [1.82, 2.24) is 10.2 Å². The Hall–Kier alpha value is -1.10. The van der Waals surface area contributed by atoms with E-state index in [0.29, 0.717) is 19.0 Å². The summed E-state index contributed by atoms with van der Waals surface area (Å²) in [6.45, 7) is 5.08. The average molecular weight is 241 g/mol. The van der Waals surface area contributed by atoms with Crippen LogP contribution in [0.4, 0.5) is 0 Å². The van der Waals surface area contributed by atoms with Crippen molar-refractivity contribution in [1.29, 1.82) is 0 Å². The number of carbonyl (C=O) groups excluding carboxylic acids is 2. The number of hydrogen-bond acceptors (Lipinski definition) is 3. The van der Waals surface area contributed by atoms with Gasteiger partial charge in [0.15, 0.2) is 0 Å². The molecule has 0 aromatic heterocycles. The highest BCUT2D eigenvalue weighted by Gasteiger charge is 2.47. The Kier molecular flexibility index (Phi) is 4.51. The number of hydrogen-bond donors (Lipinski definition) is 2. The lowest BCUT2D eigenvalue weighted by molar-refractivity contribution is -0.140. The van der Waals surface area contributed by atoms with Gasteiger partial charge in [-0.15, -0.1) is 0 Å². The summed E-state index contributed by atoms with van der Waals surface area (Å²) in [6, 6.07) is 0. The molecule has 0 spiro atoms. The molecule has 0 aromatic rings. The summed E-state index contributed by atoms with van der Waals surface area (Å²) in [6.07, 6.45) is 1.65. The molecule has 3 N–H and O–H groups in total. The van der Waals surface area contributed by atoms with Gasteiger partial charge in [-0.2, -0.15) is 0 Å². The minimum atomic E-state index is -0.426. The molecule has 0 aliphatic heterocycles. The van der Waals surface area contributed by atoms with Gasteiger partial charge < -0.3 is 16.0 Å². The van der Waals surface area contributed by atoms with E-state index >= 15 is 0 Å². The molecular formula is C12H23N3O2. The summed E-state index contributed by atoms with van der Waals surface area (Å²) in [7, 11) is 1.72. The van der Waals surface area contributed by atoms with Gasteiger partial charge in [0.05, 0.1) is 12.0 Å². The predicted molar refractivity (Wildman–Crippen MR) is 66.2 cm³/mol. The fourth-order valence-electron chi connectivity index (χ4n) is 2.37. The first kappa shape index (κ1) is 14.0. The summed E-state index contributed by atoms with van der Waals surface area (Å²) in [5.41, 5.74) is 5.24. The van der Waals surface area contributed by atoms with Gasteiger partial charge in [-0.3, -0.25) is 9.59 Å². The van der Waals surface area contributed by atoms with Gasteiger partial charge in [0.2, 0.25) is 11.8 Å². The highest BCUT2D eigenvalue weighted by molar-refractivity contribution is 5.88. The van der Waals surface area contributed by atoms with E-state index in [0.717, 1.165) is 12.8 Å². The van der Waals surface area contributed by atoms with Crippen molar-refractivity contribution in [3.63, 3.8) is 0 Å². The lowest BCUT2D eigenvalue weighted by Crippen LogP contribution is -2.54. The van der Waals surface area contributed by atoms with Crippen LogP contribution in [0.1, 0.15) is 26.7 Å². The van der Waals surface area contributed by atoms with Gasteiger partial charge >= 0.3 is 0 Å². The van der Waals surface area contributed by atoms with E-state index in [9.17, 15) is 9.59 Å². The molecule has 98 valence electrons. The summed E-state index contributed by atoms with van der Waals surface area (Å²) < 4.78 is 0.